The van der Waals surface area contributed by atoms with Crippen LogP contribution in [-0.4, -0.2) is 63.2 Å². The minimum Gasteiger partial charge on any atom is -0.394 e. The highest BCUT2D eigenvalue weighted by Gasteiger charge is 2.52. The van der Waals surface area contributed by atoms with Crippen LogP contribution in [0.15, 0.2) is 77.9 Å². The van der Waals surface area contributed by atoms with Crippen molar-refractivity contribution in [1.82, 2.24) is 4.90 Å². The van der Waals surface area contributed by atoms with E-state index in [1.807, 2.05) is 37.3 Å². The van der Waals surface area contributed by atoms with E-state index in [0.29, 0.717) is 29.9 Å². The van der Waals surface area contributed by atoms with Crippen LogP contribution in [0, 0.1) is 5.92 Å². The van der Waals surface area contributed by atoms with Gasteiger partial charge in [-0.1, -0.05) is 66.6 Å². The van der Waals surface area contributed by atoms with Gasteiger partial charge in [-0.15, -0.1) is 0 Å². The minimum atomic E-state index is -1.96. The highest BCUT2D eigenvalue weighted by Crippen LogP contribution is 2.46. The highest BCUT2D eigenvalue weighted by atomic mass is 16.3. The largest absolute Gasteiger partial charge is 0.394 e. The first-order chi connectivity index (χ1) is 21.9. The predicted octanol–water partition coefficient (Wildman–Crippen LogP) is 4.76. The van der Waals surface area contributed by atoms with Crippen molar-refractivity contribution in [2.45, 2.75) is 84.6 Å². The lowest BCUT2D eigenvalue weighted by atomic mass is 9.82. The molecule has 2 aromatic rings. The molecule has 0 aromatic heterocycles. The summed E-state index contributed by atoms with van der Waals surface area (Å²) in [6.45, 7) is 9.75. The van der Waals surface area contributed by atoms with Crippen molar-refractivity contribution in [3.63, 3.8) is 0 Å². The number of carbonyl (C=O) groups excluding carboxylic acids is 3. The van der Waals surface area contributed by atoms with E-state index in [0.717, 1.165) is 29.5 Å². The average Bonchev–Trinajstić information content (AvgIpc) is 3.24. The molecule has 2 heterocycles. The first-order valence-corrected chi connectivity index (χ1v) is 16.0. The van der Waals surface area contributed by atoms with Gasteiger partial charge < -0.3 is 30.4 Å². The topological polar surface area (TPSA) is 130 Å². The number of nitrogens with one attached hydrogen (secondary N) is 1. The lowest BCUT2D eigenvalue weighted by molar-refractivity contribution is -0.139. The number of hydrogen-bond donors (Lipinski definition) is 4. The van der Waals surface area contributed by atoms with E-state index in [9.17, 15) is 29.7 Å². The Morgan fingerprint density at radius 1 is 1.09 bits per heavy atom. The number of nitrogens with zero attached hydrogens (tertiary/aromatic N) is 2. The van der Waals surface area contributed by atoms with E-state index in [1.54, 1.807) is 47.1 Å². The minimum absolute atomic E-state index is 0.0436. The number of benzene rings is 2. The molecule has 0 spiro atoms. The van der Waals surface area contributed by atoms with Gasteiger partial charge in [0.05, 0.1) is 18.3 Å². The zero-order valence-corrected chi connectivity index (χ0v) is 27.5. The number of aliphatic hydroxyl groups is 3. The maximum atomic E-state index is 14.0. The van der Waals surface area contributed by atoms with Crippen molar-refractivity contribution >= 4 is 29.1 Å². The second-order valence-electron chi connectivity index (χ2n) is 12.7. The second kappa shape index (κ2) is 15.0. The van der Waals surface area contributed by atoms with E-state index < -0.39 is 29.4 Å². The standard InChI is InChI=1S/C37H47N3O6/c1-24(2)10-8-11-25(3)18-19-39-33-17-16-30(38-35(44)27(5)42)21-32(33)37(46,36(39)45)26(4)12-9-15-34(43)40-22-29-14-7-6-13-28(29)20-31(40)23-41/h6-7,9-10,12-14,16-18,21,26-27,31,41-42,46H,8,11,15,19-20,22-23H2,1-5H3,(H,38,44)/b12-9+,25-18+/t26-,27+,31+,37+/m1/s1. The second-order valence-corrected chi connectivity index (χ2v) is 12.7. The Morgan fingerprint density at radius 3 is 2.48 bits per heavy atom. The molecule has 246 valence electrons. The monoisotopic (exact) mass is 629 g/mol. The molecule has 0 fully saturated rings. The molecule has 0 saturated heterocycles. The van der Waals surface area contributed by atoms with Crippen molar-refractivity contribution in [3.8, 4) is 0 Å². The number of allylic oxidation sites excluding steroid dienone is 3. The number of rotatable bonds is 12. The Morgan fingerprint density at radius 2 is 1.80 bits per heavy atom. The third-order valence-electron chi connectivity index (χ3n) is 8.89. The van der Waals surface area contributed by atoms with Crippen molar-refractivity contribution in [2.75, 3.05) is 23.4 Å². The molecule has 0 radical (unpaired) electrons. The third kappa shape index (κ3) is 7.66. The van der Waals surface area contributed by atoms with Gasteiger partial charge in [0.2, 0.25) is 5.91 Å². The molecule has 4 atom stereocenters. The van der Waals surface area contributed by atoms with E-state index in [2.05, 4.69) is 25.2 Å². The zero-order chi connectivity index (χ0) is 33.6. The summed E-state index contributed by atoms with van der Waals surface area (Å²) in [5.74, 6) is -1.97. The van der Waals surface area contributed by atoms with Crippen molar-refractivity contribution in [2.24, 2.45) is 5.92 Å². The summed E-state index contributed by atoms with van der Waals surface area (Å²) >= 11 is 0. The third-order valence-corrected chi connectivity index (χ3v) is 8.89. The van der Waals surface area contributed by atoms with Crippen LogP contribution >= 0.6 is 0 Å². The Bertz CT molecular complexity index is 1540. The van der Waals surface area contributed by atoms with Crippen LogP contribution in [-0.2, 0) is 33.0 Å². The molecule has 4 rings (SSSR count). The van der Waals surface area contributed by atoms with Crippen molar-refractivity contribution in [3.05, 3.63) is 94.6 Å². The normalized spacial score (nSPS) is 20.7. The van der Waals surface area contributed by atoms with E-state index in [4.69, 9.17) is 0 Å². The van der Waals surface area contributed by atoms with E-state index in [1.165, 1.54) is 12.5 Å². The molecule has 0 bridgehead atoms. The molecule has 3 amide bonds. The fourth-order valence-corrected chi connectivity index (χ4v) is 6.06. The molecule has 2 aliphatic rings. The summed E-state index contributed by atoms with van der Waals surface area (Å²) in [5, 5.41) is 34.4. The lowest BCUT2D eigenvalue weighted by Gasteiger charge is -2.36. The summed E-state index contributed by atoms with van der Waals surface area (Å²) in [7, 11) is 0. The lowest BCUT2D eigenvalue weighted by Crippen LogP contribution is -2.46. The number of fused-ring (bicyclic) bond motifs is 2. The van der Waals surface area contributed by atoms with Crippen molar-refractivity contribution in [1.29, 1.82) is 0 Å². The summed E-state index contributed by atoms with van der Waals surface area (Å²) < 4.78 is 0. The molecular formula is C37H47N3O6. The van der Waals surface area contributed by atoms with Gasteiger partial charge in [-0.2, -0.15) is 0 Å². The average molecular weight is 630 g/mol. The highest BCUT2D eigenvalue weighted by molar-refractivity contribution is 6.08. The number of carbonyl (C=O) groups is 3. The number of aliphatic hydroxyl groups excluding tert-OH is 2. The first-order valence-electron chi connectivity index (χ1n) is 16.0. The van der Waals surface area contributed by atoms with Crippen LogP contribution in [0.5, 0.6) is 0 Å². The molecule has 2 aromatic carbocycles. The van der Waals surface area contributed by atoms with Crippen LogP contribution in [0.25, 0.3) is 0 Å². The van der Waals surface area contributed by atoms with Gasteiger partial charge in [-0.3, -0.25) is 14.4 Å². The smallest absolute Gasteiger partial charge is 0.264 e. The Kier molecular flexibility index (Phi) is 11.4. The number of hydrogen-bond acceptors (Lipinski definition) is 6. The van der Waals surface area contributed by atoms with Crippen LogP contribution in [0.4, 0.5) is 11.4 Å². The fourth-order valence-electron chi connectivity index (χ4n) is 6.06. The van der Waals surface area contributed by atoms with Gasteiger partial charge in [0, 0.05) is 36.7 Å². The van der Waals surface area contributed by atoms with Gasteiger partial charge >= 0.3 is 0 Å². The Labute approximate surface area is 271 Å². The first kappa shape index (κ1) is 34.8. The summed E-state index contributed by atoms with van der Waals surface area (Å²) in [5.41, 5.74) is 3.81. The quantitative estimate of drug-likeness (QED) is 0.251. The molecule has 0 saturated carbocycles. The summed E-state index contributed by atoms with van der Waals surface area (Å²) in [6.07, 6.45) is 8.64. The molecular weight excluding hydrogens is 582 g/mol. The van der Waals surface area contributed by atoms with E-state index >= 15 is 0 Å². The molecule has 0 aliphatic carbocycles. The number of amides is 3. The van der Waals surface area contributed by atoms with Gasteiger partial charge in [0.15, 0.2) is 5.60 Å². The molecule has 46 heavy (non-hydrogen) atoms. The van der Waals surface area contributed by atoms with Crippen LogP contribution in [0.2, 0.25) is 0 Å². The maximum Gasteiger partial charge on any atom is 0.264 e. The predicted molar refractivity (Wildman–Crippen MR) is 180 cm³/mol. The summed E-state index contributed by atoms with van der Waals surface area (Å²) in [4.78, 5) is 42.7. The Hall–Kier alpha value is -4.05. The molecule has 2 aliphatic heterocycles. The van der Waals surface area contributed by atoms with E-state index in [-0.39, 0.29) is 31.5 Å². The van der Waals surface area contributed by atoms with Gasteiger partial charge in [0.25, 0.3) is 11.8 Å². The van der Waals surface area contributed by atoms with Crippen LogP contribution in [0.1, 0.15) is 70.6 Å². The maximum absolute atomic E-state index is 14.0. The Balaban J connectivity index is 1.56. The van der Waals surface area contributed by atoms with Gasteiger partial charge in [-0.05, 0) is 76.3 Å². The molecule has 9 heteroatoms. The van der Waals surface area contributed by atoms with Gasteiger partial charge in [0.1, 0.15) is 6.10 Å². The van der Waals surface area contributed by atoms with Crippen LogP contribution in [0.3, 0.4) is 0 Å². The SMILES string of the molecule is CC(C)=CCC/C(C)=C/CN1C(=O)[C@](O)([C@H](C)/C=C/CC(=O)N2Cc3ccccc3C[C@H]2CO)c2cc(NC(=O)[C@H](C)O)ccc21. The molecule has 9 nitrogen and oxygen atoms in total. The van der Waals surface area contributed by atoms with Gasteiger partial charge in [-0.25, -0.2) is 0 Å². The molecule has 0 unspecified atom stereocenters. The van der Waals surface area contributed by atoms with Crippen LogP contribution < -0.4 is 10.2 Å². The zero-order valence-electron chi connectivity index (χ0n) is 27.5. The van der Waals surface area contributed by atoms with Crippen molar-refractivity contribution < 1.29 is 29.7 Å². The fraction of sp³-hybridized carbons (Fsp3) is 0.432. The molecule has 4 N–H and O–H groups in total. The summed E-state index contributed by atoms with van der Waals surface area (Å²) in [6, 6.07) is 12.5. The number of anilines is 2.